The summed E-state index contributed by atoms with van der Waals surface area (Å²) in [6.07, 6.45) is 4.80. The van der Waals surface area contributed by atoms with Crippen LogP contribution in [0, 0.1) is 11.3 Å². The highest BCUT2D eigenvalue weighted by Gasteiger charge is 2.53. The Balaban J connectivity index is 1.46. The predicted octanol–water partition coefficient (Wildman–Crippen LogP) is 3.96. The number of rotatable bonds is 3. The SMILES string of the molecule is CC(C)(C)C1CCC2(CC1)NC(=O)N(Cc1cc(-c3ccco3)on1)C2=O. The van der Waals surface area contributed by atoms with Crippen LogP contribution in [-0.2, 0) is 11.3 Å². The Morgan fingerprint density at radius 3 is 2.63 bits per heavy atom. The molecule has 2 aromatic rings. The number of hydrogen-bond acceptors (Lipinski definition) is 5. The van der Waals surface area contributed by atoms with E-state index in [1.165, 1.54) is 4.90 Å². The number of furan rings is 1. The first-order chi connectivity index (χ1) is 12.8. The fourth-order valence-electron chi connectivity index (χ4n) is 4.22. The van der Waals surface area contributed by atoms with Crippen molar-refractivity contribution in [3.8, 4) is 11.5 Å². The smallest absolute Gasteiger partial charge is 0.325 e. The van der Waals surface area contributed by atoms with Gasteiger partial charge < -0.3 is 14.3 Å². The van der Waals surface area contributed by atoms with Gasteiger partial charge in [0, 0.05) is 6.07 Å². The van der Waals surface area contributed by atoms with Crippen molar-refractivity contribution < 1.29 is 18.5 Å². The fraction of sp³-hybridized carbons (Fsp3) is 0.550. The summed E-state index contributed by atoms with van der Waals surface area (Å²) in [5.41, 5.74) is -0.0205. The van der Waals surface area contributed by atoms with E-state index in [0.29, 0.717) is 36.0 Å². The van der Waals surface area contributed by atoms with E-state index in [1.807, 2.05) is 0 Å². The summed E-state index contributed by atoms with van der Waals surface area (Å²) in [4.78, 5) is 26.8. The minimum absolute atomic E-state index is 0.0966. The molecule has 0 atom stereocenters. The molecule has 1 spiro atoms. The van der Waals surface area contributed by atoms with Gasteiger partial charge in [0.1, 0.15) is 11.2 Å². The molecule has 1 saturated heterocycles. The van der Waals surface area contributed by atoms with Crippen LogP contribution in [-0.4, -0.2) is 27.5 Å². The summed E-state index contributed by atoms with van der Waals surface area (Å²) in [5.74, 6) is 1.45. The third-order valence-electron chi connectivity index (χ3n) is 5.95. The Hall–Kier alpha value is -2.57. The summed E-state index contributed by atoms with van der Waals surface area (Å²) in [7, 11) is 0. The van der Waals surface area contributed by atoms with Gasteiger partial charge in [0.25, 0.3) is 5.91 Å². The van der Waals surface area contributed by atoms with Crippen molar-refractivity contribution in [3.63, 3.8) is 0 Å². The number of urea groups is 1. The lowest BCUT2D eigenvalue weighted by Gasteiger charge is -2.40. The average Bonchev–Trinajstić information content (AvgIpc) is 3.33. The molecule has 3 heterocycles. The maximum Gasteiger partial charge on any atom is 0.325 e. The van der Waals surface area contributed by atoms with Crippen molar-refractivity contribution in [1.82, 2.24) is 15.4 Å². The molecule has 7 nitrogen and oxygen atoms in total. The van der Waals surface area contributed by atoms with Gasteiger partial charge in [0.2, 0.25) is 5.76 Å². The standard InChI is InChI=1S/C20H25N3O4/c1-19(2,3)13-6-8-20(9-7-13)17(24)23(18(25)21-20)12-14-11-16(27-22-14)15-5-4-10-26-15/h4-5,10-11,13H,6-9,12H2,1-3H3,(H,21,25). The third-order valence-corrected chi connectivity index (χ3v) is 5.95. The number of imide groups is 1. The second-order valence-electron chi connectivity index (χ2n) is 8.70. The number of nitrogens with one attached hydrogen (secondary N) is 1. The minimum atomic E-state index is -0.758. The van der Waals surface area contributed by atoms with Gasteiger partial charge in [0.05, 0.1) is 12.8 Å². The van der Waals surface area contributed by atoms with E-state index in [-0.39, 0.29) is 23.9 Å². The molecule has 3 amide bonds. The zero-order chi connectivity index (χ0) is 19.2. The van der Waals surface area contributed by atoms with Crippen LogP contribution in [0.1, 0.15) is 52.1 Å². The fourth-order valence-corrected chi connectivity index (χ4v) is 4.22. The summed E-state index contributed by atoms with van der Waals surface area (Å²) in [6.45, 7) is 6.80. The zero-order valence-electron chi connectivity index (χ0n) is 15.9. The van der Waals surface area contributed by atoms with Crippen LogP contribution in [0.15, 0.2) is 33.4 Å². The first kappa shape index (κ1) is 17.8. The second-order valence-corrected chi connectivity index (χ2v) is 8.70. The quantitative estimate of drug-likeness (QED) is 0.825. The summed E-state index contributed by atoms with van der Waals surface area (Å²) >= 11 is 0. The van der Waals surface area contributed by atoms with Gasteiger partial charge in [-0.1, -0.05) is 25.9 Å². The first-order valence-electron chi connectivity index (χ1n) is 9.42. The molecule has 2 aromatic heterocycles. The number of nitrogens with zero attached hydrogens (tertiary/aromatic N) is 2. The van der Waals surface area contributed by atoms with Crippen molar-refractivity contribution in [2.75, 3.05) is 0 Å². The Kier molecular flexibility index (Phi) is 4.13. The van der Waals surface area contributed by atoms with Gasteiger partial charge in [-0.25, -0.2) is 4.79 Å². The molecule has 0 unspecified atom stereocenters. The molecule has 0 bridgehead atoms. The highest BCUT2D eigenvalue weighted by molar-refractivity contribution is 6.07. The molecule has 0 radical (unpaired) electrons. The molecule has 4 rings (SSSR count). The van der Waals surface area contributed by atoms with Crippen LogP contribution < -0.4 is 5.32 Å². The number of hydrogen-bond donors (Lipinski definition) is 1. The molecular formula is C20H25N3O4. The van der Waals surface area contributed by atoms with E-state index in [9.17, 15) is 9.59 Å². The molecule has 1 aliphatic carbocycles. The zero-order valence-corrected chi connectivity index (χ0v) is 15.9. The molecule has 2 aliphatic rings. The number of carbonyl (C=O) groups is 2. The van der Waals surface area contributed by atoms with E-state index in [0.717, 1.165) is 12.8 Å². The lowest BCUT2D eigenvalue weighted by atomic mass is 9.67. The molecule has 1 aliphatic heterocycles. The van der Waals surface area contributed by atoms with Gasteiger partial charge in [0.15, 0.2) is 5.76 Å². The van der Waals surface area contributed by atoms with Crippen LogP contribution in [0.25, 0.3) is 11.5 Å². The molecule has 1 N–H and O–H groups in total. The number of carbonyl (C=O) groups excluding carboxylic acids is 2. The van der Waals surface area contributed by atoms with Crippen molar-refractivity contribution in [1.29, 1.82) is 0 Å². The van der Waals surface area contributed by atoms with Gasteiger partial charge in [-0.15, -0.1) is 0 Å². The first-order valence-corrected chi connectivity index (χ1v) is 9.42. The minimum Gasteiger partial charge on any atom is -0.461 e. The van der Waals surface area contributed by atoms with E-state index in [4.69, 9.17) is 8.94 Å². The van der Waals surface area contributed by atoms with Crippen LogP contribution in [0.4, 0.5) is 4.79 Å². The molecule has 7 heteroatoms. The Bertz CT molecular complexity index is 839. The number of aromatic nitrogens is 1. The van der Waals surface area contributed by atoms with Crippen molar-refractivity contribution in [2.45, 2.75) is 58.5 Å². The summed E-state index contributed by atoms with van der Waals surface area (Å²) in [5, 5.41) is 6.93. The molecule has 27 heavy (non-hydrogen) atoms. The Labute approximate surface area is 158 Å². The third kappa shape index (κ3) is 3.15. The van der Waals surface area contributed by atoms with E-state index < -0.39 is 5.54 Å². The van der Waals surface area contributed by atoms with Crippen molar-refractivity contribution in [3.05, 3.63) is 30.2 Å². The predicted molar refractivity (Wildman–Crippen MR) is 97.4 cm³/mol. The van der Waals surface area contributed by atoms with Gasteiger partial charge in [-0.3, -0.25) is 9.69 Å². The molecule has 1 saturated carbocycles. The molecule has 144 valence electrons. The molecule has 0 aromatic carbocycles. The largest absolute Gasteiger partial charge is 0.461 e. The Morgan fingerprint density at radius 2 is 2.00 bits per heavy atom. The van der Waals surface area contributed by atoms with E-state index in [1.54, 1.807) is 24.5 Å². The van der Waals surface area contributed by atoms with Crippen molar-refractivity contribution in [2.24, 2.45) is 11.3 Å². The lowest BCUT2D eigenvalue weighted by Crippen LogP contribution is -2.50. The summed E-state index contributed by atoms with van der Waals surface area (Å²) < 4.78 is 10.5. The summed E-state index contributed by atoms with van der Waals surface area (Å²) in [6, 6.07) is 4.87. The number of amides is 3. The van der Waals surface area contributed by atoms with Crippen LogP contribution in [0.2, 0.25) is 0 Å². The highest BCUT2D eigenvalue weighted by atomic mass is 16.5. The maximum atomic E-state index is 13.1. The molecule has 2 fully saturated rings. The topological polar surface area (TPSA) is 88.6 Å². The highest BCUT2D eigenvalue weighted by Crippen LogP contribution is 2.43. The van der Waals surface area contributed by atoms with Crippen LogP contribution in [0.3, 0.4) is 0 Å². The Morgan fingerprint density at radius 1 is 1.26 bits per heavy atom. The van der Waals surface area contributed by atoms with Crippen LogP contribution >= 0.6 is 0 Å². The average molecular weight is 371 g/mol. The van der Waals surface area contributed by atoms with Crippen LogP contribution in [0.5, 0.6) is 0 Å². The second kappa shape index (κ2) is 6.25. The molecular weight excluding hydrogens is 346 g/mol. The lowest BCUT2D eigenvalue weighted by molar-refractivity contribution is -0.133. The monoisotopic (exact) mass is 371 g/mol. The van der Waals surface area contributed by atoms with Gasteiger partial charge >= 0.3 is 6.03 Å². The van der Waals surface area contributed by atoms with Gasteiger partial charge in [-0.2, -0.15) is 0 Å². The maximum absolute atomic E-state index is 13.1. The normalized spacial score (nSPS) is 26.0. The van der Waals surface area contributed by atoms with Gasteiger partial charge in [-0.05, 0) is 49.1 Å². The van der Waals surface area contributed by atoms with E-state index in [2.05, 4.69) is 31.2 Å². The van der Waals surface area contributed by atoms with E-state index >= 15 is 0 Å². The van der Waals surface area contributed by atoms with Crippen molar-refractivity contribution >= 4 is 11.9 Å².